The van der Waals surface area contributed by atoms with Crippen molar-refractivity contribution in [2.24, 2.45) is 5.10 Å². The zero-order valence-electron chi connectivity index (χ0n) is 4.09. The summed E-state index contributed by atoms with van der Waals surface area (Å²) in [6.45, 7) is 0. The molecular formula is C4H7N2O. The fourth-order valence-corrected chi connectivity index (χ4v) is 0.412. The Labute approximate surface area is 42.4 Å². The van der Waals surface area contributed by atoms with Crippen molar-refractivity contribution < 1.29 is 4.74 Å². The number of methoxy groups -OCH3 is 1. The van der Waals surface area contributed by atoms with Crippen LogP contribution in [0.25, 0.3) is 0 Å². The molecule has 1 N–H and O–H groups in total. The number of ether oxygens (including phenoxy) is 1. The first kappa shape index (κ1) is 4.59. The minimum absolute atomic E-state index is 0.000000000000000222. The summed E-state index contributed by atoms with van der Waals surface area (Å²) in [6.07, 6.45) is 3.51. The van der Waals surface area contributed by atoms with Crippen LogP contribution in [0.1, 0.15) is 0 Å². The van der Waals surface area contributed by atoms with E-state index < -0.39 is 0 Å². The maximum atomic E-state index is 4.82. The van der Waals surface area contributed by atoms with Crippen LogP contribution in [0.2, 0.25) is 0 Å². The topological polar surface area (TPSA) is 33.6 Å². The van der Waals surface area contributed by atoms with Crippen LogP contribution in [0.5, 0.6) is 0 Å². The zero-order chi connectivity index (χ0) is 5.11. The molecule has 0 aliphatic carbocycles. The number of hydrazone groups is 1. The Morgan fingerprint density at radius 1 is 1.86 bits per heavy atom. The fraction of sp³-hybridized carbons (Fsp3) is 0.500. The highest BCUT2D eigenvalue weighted by Crippen LogP contribution is 1.92. The second-order valence-corrected chi connectivity index (χ2v) is 1.26. The molecule has 0 aromatic carbocycles. The minimum Gasteiger partial charge on any atom is -0.360 e. The highest BCUT2D eigenvalue weighted by Gasteiger charge is 2.06. The first-order valence-electron chi connectivity index (χ1n) is 2.08. The van der Waals surface area contributed by atoms with Gasteiger partial charge >= 0.3 is 0 Å². The molecule has 7 heavy (non-hydrogen) atoms. The monoisotopic (exact) mass is 99.1 g/mol. The quantitative estimate of drug-likeness (QED) is 0.492. The van der Waals surface area contributed by atoms with E-state index in [1.165, 1.54) is 0 Å². The maximum Gasteiger partial charge on any atom is 0.151 e. The van der Waals surface area contributed by atoms with Gasteiger partial charge in [0.15, 0.2) is 6.23 Å². The number of hydrogen-bond acceptors (Lipinski definition) is 3. The number of hydrogen-bond donors (Lipinski definition) is 1. The van der Waals surface area contributed by atoms with Gasteiger partial charge in [0.25, 0.3) is 0 Å². The molecule has 0 amide bonds. The number of nitrogens with one attached hydrogen (secondary N) is 1. The predicted octanol–water partition coefficient (Wildman–Crippen LogP) is -0.248. The molecule has 1 heterocycles. The maximum absolute atomic E-state index is 4.82. The van der Waals surface area contributed by atoms with Gasteiger partial charge in [0.2, 0.25) is 0 Å². The van der Waals surface area contributed by atoms with Crippen LogP contribution in [-0.4, -0.2) is 19.6 Å². The Morgan fingerprint density at radius 2 is 2.71 bits per heavy atom. The largest absolute Gasteiger partial charge is 0.360 e. The van der Waals surface area contributed by atoms with Gasteiger partial charge in [-0.3, -0.25) is 5.43 Å². The molecule has 0 aromatic rings. The molecule has 3 nitrogen and oxygen atoms in total. The summed E-state index contributed by atoms with van der Waals surface area (Å²) in [5.74, 6) is 0. The second-order valence-electron chi connectivity index (χ2n) is 1.26. The summed E-state index contributed by atoms with van der Waals surface area (Å²) in [7, 11) is 1.63. The molecular weight excluding hydrogens is 92.1 g/mol. The van der Waals surface area contributed by atoms with Crippen molar-refractivity contribution >= 4 is 6.21 Å². The van der Waals surface area contributed by atoms with Crippen molar-refractivity contribution in [1.82, 2.24) is 5.43 Å². The summed E-state index contributed by atoms with van der Waals surface area (Å²) in [4.78, 5) is 0. The Hall–Kier alpha value is -0.570. The SMILES string of the molecule is COC1[CH]C=NN1. The van der Waals surface area contributed by atoms with Gasteiger partial charge in [-0.15, -0.1) is 0 Å². The van der Waals surface area contributed by atoms with Crippen molar-refractivity contribution in [1.29, 1.82) is 0 Å². The third kappa shape index (κ3) is 0.899. The molecule has 1 atom stereocenters. The summed E-state index contributed by atoms with van der Waals surface area (Å²) in [6, 6.07) is 0. The smallest absolute Gasteiger partial charge is 0.151 e. The van der Waals surface area contributed by atoms with E-state index in [1.807, 2.05) is 6.42 Å². The fourth-order valence-electron chi connectivity index (χ4n) is 0.412. The van der Waals surface area contributed by atoms with Crippen molar-refractivity contribution in [2.75, 3.05) is 7.11 Å². The molecule has 1 unspecified atom stereocenters. The third-order valence-corrected chi connectivity index (χ3v) is 0.791. The average Bonchev–Trinajstić information content (AvgIpc) is 2.14. The highest BCUT2D eigenvalue weighted by atomic mass is 16.5. The first-order chi connectivity index (χ1) is 3.43. The van der Waals surface area contributed by atoms with Crippen molar-refractivity contribution in [2.45, 2.75) is 6.23 Å². The van der Waals surface area contributed by atoms with Crippen LogP contribution < -0.4 is 5.43 Å². The lowest BCUT2D eigenvalue weighted by Gasteiger charge is -2.03. The molecule has 1 rings (SSSR count). The lowest BCUT2D eigenvalue weighted by atomic mass is 10.4. The number of rotatable bonds is 1. The Bertz CT molecular complexity index is 73.8. The van der Waals surface area contributed by atoms with E-state index in [-0.39, 0.29) is 6.23 Å². The molecule has 3 heteroatoms. The summed E-state index contributed by atoms with van der Waals surface area (Å²) in [5, 5.41) is 3.68. The van der Waals surface area contributed by atoms with Crippen LogP contribution in [0, 0.1) is 6.42 Å². The van der Waals surface area contributed by atoms with E-state index in [2.05, 4.69) is 10.5 Å². The Balaban J connectivity index is 2.22. The number of nitrogens with zero attached hydrogens (tertiary/aromatic N) is 1. The van der Waals surface area contributed by atoms with Crippen molar-refractivity contribution in [3.8, 4) is 0 Å². The standard InChI is InChI=1S/C4H7N2O/c1-7-4-2-3-5-6-4/h2-4,6H,1H3. The van der Waals surface area contributed by atoms with E-state index in [0.29, 0.717) is 0 Å². The van der Waals surface area contributed by atoms with Crippen LogP contribution in [0.3, 0.4) is 0 Å². The van der Waals surface area contributed by atoms with Crippen molar-refractivity contribution in [3.05, 3.63) is 6.42 Å². The van der Waals surface area contributed by atoms with Crippen LogP contribution in [0.15, 0.2) is 5.10 Å². The lowest BCUT2D eigenvalue weighted by Crippen LogP contribution is -2.20. The van der Waals surface area contributed by atoms with Gasteiger partial charge < -0.3 is 4.74 Å². The van der Waals surface area contributed by atoms with Gasteiger partial charge in [0.05, 0.1) is 6.42 Å². The van der Waals surface area contributed by atoms with Gasteiger partial charge in [-0.25, -0.2) is 0 Å². The molecule has 0 fully saturated rings. The lowest BCUT2D eigenvalue weighted by molar-refractivity contribution is 0.113. The molecule has 1 aliphatic heterocycles. The van der Waals surface area contributed by atoms with Crippen LogP contribution in [0.4, 0.5) is 0 Å². The summed E-state index contributed by atoms with van der Waals surface area (Å²) in [5.41, 5.74) is 2.70. The third-order valence-electron chi connectivity index (χ3n) is 0.791. The molecule has 39 valence electrons. The van der Waals surface area contributed by atoms with E-state index in [4.69, 9.17) is 4.74 Å². The van der Waals surface area contributed by atoms with Crippen molar-refractivity contribution in [3.63, 3.8) is 0 Å². The van der Waals surface area contributed by atoms with E-state index in [9.17, 15) is 0 Å². The van der Waals surface area contributed by atoms with E-state index in [1.54, 1.807) is 13.3 Å². The van der Waals surface area contributed by atoms with Gasteiger partial charge in [0, 0.05) is 13.3 Å². The average molecular weight is 99.1 g/mol. The van der Waals surface area contributed by atoms with E-state index >= 15 is 0 Å². The highest BCUT2D eigenvalue weighted by molar-refractivity contribution is 5.70. The Morgan fingerprint density at radius 3 is 3.00 bits per heavy atom. The van der Waals surface area contributed by atoms with E-state index in [0.717, 1.165) is 0 Å². The van der Waals surface area contributed by atoms with Gasteiger partial charge in [-0.1, -0.05) is 0 Å². The van der Waals surface area contributed by atoms with Gasteiger partial charge in [0.1, 0.15) is 0 Å². The molecule has 0 saturated carbocycles. The normalized spacial score (nSPS) is 27.9. The predicted molar refractivity (Wildman–Crippen MR) is 26.7 cm³/mol. The molecule has 0 saturated heterocycles. The molecule has 1 radical (unpaired) electrons. The minimum atomic E-state index is -0.000000000000000222. The Kier molecular flexibility index (Phi) is 1.26. The summed E-state index contributed by atoms with van der Waals surface area (Å²) < 4.78 is 4.82. The molecule has 1 aliphatic rings. The second kappa shape index (κ2) is 1.93. The molecule has 0 bridgehead atoms. The van der Waals surface area contributed by atoms with Crippen LogP contribution in [-0.2, 0) is 4.74 Å². The van der Waals surface area contributed by atoms with Crippen LogP contribution >= 0.6 is 0 Å². The summed E-state index contributed by atoms with van der Waals surface area (Å²) >= 11 is 0. The van der Waals surface area contributed by atoms with Gasteiger partial charge in [-0.05, 0) is 0 Å². The van der Waals surface area contributed by atoms with Gasteiger partial charge in [-0.2, -0.15) is 5.10 Å². The molecule has 0 spiro atoms. The molecule has 0 aromatic heterocycles. The first-order valence-corrected chi connectivity index (χ1v) is 2.08. The zero-order valence-corrected chi connectivity index (χ0v) is 4.09.